The molecule has 0 bridgehead atoms. The van der Waals surface area contributed by atoms with E-state index in [4.69, 9.17) is 19.3 Å². The summed E-state index contributed by atoms with van der Waals surface area (Å²) in [5.41, 5.74) is 2.93. The van der Waals surface area contributed by atoms with Crippen molar-refractivity contribution in [3.63, 3.8) is 0 Å². The van der Waals surface area contributed by atoms with Gasteiger partial charge < -0.3 is 19.5 Å². The molecule has 3 aromatic rings. The summed E-state index contributed by atoms with van der Waals surface area (Å²) in [6, 6.07) is 13.2. The maximum atomic E-state index is 13.9. The van der Waals surface area contributed by atoms with Crippen molar-refractivity contribution in [3.05, 3.63) is 59.3 Å². The molecule has 1 atom stereocenters. The van der Waals surface area contributed by atoms with E-state index in [0.717, 1.165) is 22.5 Å². The number of benzene rings is 2. The minimum atomic E-state index is -0.383. The topological polar surface area (TPSA) is 94.9 Å². The average molecular weight is 581 g/mol. The van der Waals surface area contributed by atoms with Gasteiger partial charge in [-0.2, -0.15) is 5.10 Å². The number of methoxy groups -OCH3 is 3. The van der Waals surface area contributed by atoms with Crippen LogP contribution < -0.4 is 24.4 Å². The van der Waals surface area contributed by atoms with Crippen LogP contribution in [0.15, 0.2) is 42.5 Å². The number of hydrogen-bond acceptors (Lipinski definition) is 7. The second kappa shape index (κ2) is 12.5. The summed E-state index contributed by atoms with van der Waals surface area (Å²) in [6.07, 6.45) is 0. The van der Waals surface area contributed by atoms with Gasteiger partial charge in [-0.25, -0.2) is 4.68 Å². The van der Waals surface area contributed by atoms with E-state index in [2.05, 4.69) is 26.1 Å². The van der Waals surface area contributed by atoms with Crippen molar-refractivity contribution < 1.29 is 23.8 Å². The van der Waals surface area contributed by atoms with E-state index in [9.17, 15) is 9.59 Å². The molecule has 0 unspecified atom stereocenters. The largest absolute Gasteiger partial charge is 0.497 e. The predicted molar refractivity (Wildman–Crippen MR) is 163 cm³/mol. The van der Waals surface area contributed by atoms with Crippen molar-refractivity contribution in [2.75, 3.05) is 45.1 Å². The number of ether oxygens (including phenoxy) is 3. The van der Waals surface area contributed by atoms with E-state index in [1.54, 1.807) is 30.9 Å². The van der Waals surface area contributed by atoms with Crippen LogP contribution in [0.3, 0.4) is 0 Å². The lowest BCUT2D eigenvalue weighted by Gasteiger charge is -2.25. The lowest BCUT2D eigenvalue weighted by atomic mass is 9.87. The molecule has 10 heteroatoms. The van der Waals surface area contributed by atoms with Gasteiger partial charge in [0.15, 0.2) is 0 Å². The number of anilines is 1. The van der Waals surface area contributed by atoms with Crippen LogP contribution in [0.5, 0.6) is 17.2 Å². The number of thioether (sulfide) groups is 1. The van der Waals surface area contributed by atoms with Crippen molar-refractivity contribution in [1.82, 2.24) is 15.1 Å². The molecule has 0 aliphatic carbocycles. The van der Waals surface area contributed by atoms with Gasteiger partial charge in [-0.15, -0.1) is 11.8 Å². The standard InChI is InChI=1S/C31H40N4O5S/c1-19(2)16-32-25(36)17-34-26(37)18-41-28(23-15-22(39-7)13-14-24(23)40-8)27-29(31(3,4)5)33-35(30(27)34)20-9-11-21(38-6)12-10-20/h9-15,19,28H,16-18H2,1-8H3,(H,32,36)/t28-/m1/s1. The molecule has 0 spiro atoms. The number of carbonyl (C=O) groups is 2. The predicted octanol–water partition coefficient (Wildman–Crippen LogP) is 5.14. The lowest BCUT2D eigenvalue weighted by molar-refractivity contribution is -0.123. The van der Waals surface area contributed by atoms with Gasteiger partial charge in [0.1, 0.15) is 29.6 Å². The Morgan fingerprint density at radius 1 is 1.05 bits per heavy atom. The van der Waals surface area contributed by atoms with E-state index < -0.39 is 0 Å². The van der Waals surface area contributed by atoms with Crippen LogP contribution in [0.4, 0.5) is 5.82 Å². The number of rotatable bonds is 9. The highest BCUT2D eigenvalue weighted by Crippen LogP contribution is 2.51. The van der Waals surface area contributed by atoms with Gasteiger partial charge >= 0.3 is 0 Å². The van der Waals surface area contributed by atoms with E-state index in [1.807, 2.05) is 56.3 Å². The summed E-state index contributed by atoms with van der Waals surface area (Å²) in [7, 11) is 4.88. The van der Waals surface area contributed by atoms with Crippen LogP contribution in [0.25, 0.3) is 5.69 Å². The zero-order valence-corrected chi connectivity index (χ0v) is 25.9. The molecule has 9 nitrogen and oxygen atoms in total. The van der Waals surface area contributed by atoms with Crippen LogP contribution in [-0.2, 0) is 15.0 Å². The highest BCUT2D eigenvalue weighted by molar-refractivity contribution is 8.00. The van der Waals surface area contributed by atoms with Gasteiger partial charge in [-0.1, -0.05) is 34.6 Å². The zero-order valence-electron chi connectivity index (χ0n) is 25.1. The number of hydrogen-bond donors (Lipinski definition) is 1. The van der Waals surface area contributed by atoms with Crippen LogP contribution in [0.2, 0.25) is 0 Å². The molecule has 2 aromatic carbocycles. The zero-order chi connectivity index (χ0) is 29.9. The third-order valence-electron chi connectivity index (χ3n) is 6.84. The average Bonchev–Trinajstić information content (AvgIpc) is 3.29. The number of nitrogens with zero attached hydrogens (tertiary/aromatic N) is 3. The van der Waals surface area contributed by atoms with Crippen LogP contribution in [0, 0.1) is 5.92 Å². The van der Waals surface area contributed by atoms with Crippen LogP contribution in [-0.4, -0.2) is 61.8 Å². The summed E-state index contributed by atoms with van der Waals surface area (Å²) in [5.74, 6) is 2.71. The second-order valence-corrected chi connectivity index (χ2v) is 12.5. The van der Waals surface area contributed by atoms with Gasteiger partial charge in [0, 0.05) is 23.1 Å². The lowest BCUT2D eigenvalue weighted by Crippen LogP contribution is -2.43. The molecule has 0 saturated carbocycles. The third-order valence-corrected chi connectivity index (χ3v) is 8.08. The van der Waals surface area contributed by atoms with Crippen molar-refractivity contribution in [3.8, 4) is 22.9 Å². The summed E-state index contributed by atoms with van der Waals surface area (Å²) < 4.78 is 18.5. The normalized spacial score (nSPS) is 15.4. The maximum Gasteiger partial charge on any atom is 0.240 e. The molecule has 41 heavy (non-hydrogen) atoms. The number of aromatic nitrogens is 2. The molecule has 0 fully saturated rings. The Bertz CT molecular complexity index is 1390. The first-order valence-corrected chi connectivity index (χ1v) is 14.7. The van der Waals surface area contributed by atoms with Crippen molar-refractivity contribution >= 4 is 29.4 Å². The number of fused-ring (bicyclic) bond motifs is 1. The Morgan fingerprint density at radius 3 is 2.29 bits per heavy atom. The summed E-state index contributed by atoms with van der Waals surface area (Å²) in [6.45, 7) is 10.8. The fourth-order valence-electron chi connectivity index (χ4n) is 4.78. The van der Waals surface area contributed by atoms with E-state index in [1.165, 1.54) is 11.8 Å². The quantitative estimate of drug-likeness (QED) is 0.375. The molecule has 220 valence electrons. The van der Waals surface area contributed by atoms with Crippen LogP contribution >= 0.6 is 11.8 Å². The van der Waals surface area contributed by atoms with Crippen molar-refractivity contribution in [2.24, 2.45) is 5.92 Å². The second-order valence-electron chi connectivity index (χ2n) is 11.4. The van der Waals surface area contributed by atoms with Gasteiger partial charge in [0.2, 0.25) is 11.8 Å². The van der Waals surface area contributed by atoms with E-state index in [-0.39, 0.29) is 40.7 Å². The van der Waals surface area contributed by atoms with E-state index in [0.29, 0.717) is 29.6 Å². The highest BCUT2D eigenvalue weighted by Gasteiger charge is 2.40. The Balaban J connectivity index is 2.01. The van der Waals surface area contributed by atoms with Crippen LogP contribution in [0.1, 0.15) is 56.7 Å². The fourth-order valence-corrected chi connectivity index (χ4v) is 6.00. The molecule has 2 heterocycles. The molecule has 0 radical (unpaired) electrons. The number of amides is 2. The molecule has 1 aliphatic rings. The summed E-state index contributed by atoms with van der Waals surface area (Å²) in [4.78, 5) is 28.6. The minimum Gasteiger partial charge on any atom is -0.497 e. The van der Waals surface area contributed by atoms with Gasteiger partial charge in [-0.05, 0) is 48.4 Å². The first-order chi connectivity index (χ1) is 19.5. The van der Waals surface area contributed by atoms with Gasteiger partial charge in [0.25, 0.3) is 0 Å². The molecule has 4 rings (SSSR count). The Labute approximate surface area is 246 Å². The SMILES string of the molecule is COc1ccc(-n2nc(C(C)(C)C)c3c2N(CC(=O)NCC(C)C)C(=O)CS[C@@H]3c2cc(OC)ccc2OC)cc1. The minimum absolute atomic E-state index is 0.119. The first-order valence-electron chi connectivity index (χ1n) is 13.7. The summed E-state index contributed by atoms with van der Waals surface area (Å²) >= 11 is 1.50. The van der Waals surface area contributed by atoms with Crippen molar-refractivity contribution in [1.29, 1.82) is 0 Å². The maximum absolute atomic E-state index is 13.9. The molecule has 2 amide bonds. The van der Waals surface area contributed by atoms with Crippen molar-refractivity contribution in [2.45, 2.75) is 45.3 Å². The number of carbonyl (C=O) groups excluding carboxylic acids is 2. The van der Waals surface area contributed by atoms with Gasteiger partial charge in [0.05, 0.1) is 43.7 Å². The summed E-state index contributed by atoms with van der Waals surface area (Å²) in [5, 5.41) is 7.79. The van der Waals surface area contributed by atoms with Gasteiger partial charge in [-0.3, -0.25) is 14.5 Å². The monoisotopic (exact) mass is 580 g/mol. The Hall–Kier alpha value is -3.66. The fraction of sp³-hybridized carbons (Fsp3) is 0.452. The van der Waals surface area contributed by atoms with E-state index >= 15 is 0 Å². The smallest absolute Gasteiger partial charge is 0.240 e. The molecule has 0 saturated heterocycles. The molecule has 1 N–H and O–H groups in total. The Morgan fingerprint density at radius 2 is 1.71 bits per heavy atom. The molecule has 1 aliphatic heterocycles. The molecular weight excluding hydrogens is 540 g/mol. The number of nitrogens with one attached hydrogen (secondary N) is 1. The first kappa shape index (κ1) is 30.3. The Kier molecular flexibility index (Phi) is 9.21. The highest BCUT2D eigenvalue weighted by atomic mass is 32.2. The molecular formula is C31H40N4O5S. The molecule has 1 aromatic heterocycles. The third kappa shape index (κ3) is 6.48.